The van der Waals surface area contributed by atoms with Gasteiger partial charge in [-0.05, 0) is 31.4 Å². The van der Waals surface area contributed by atoms with Gasteiger partial charge in [0.05, 0.1) is 0 Å². The van der Waals surface area contributed by atoms with Crippen molar-refractivity contribution in [3.05, 3.63) is 0 Å². The molecule has 0 saturated heterocycles. The largest absolute Gasteiger partial charge is 0.313 e. The lowest BCUT2D eigenvalue weighted by atomic mass is 10.3. The van der Waals surface area contributed by atoms with Crippen LogP contribution in [0.25, 0.3) is 0 Å². The number of nitrogens with one attached hydrogen (secondary N) is 1. The highest BCUT2D eigenvalue weighted by Gasteiger charge is 1.96. The Morgan fingerprint density at radius 3 is 2.82 bits per heavy atom. The minimum absolute atomic E-state index is 0.461. The van der Waals surface area contributed by atoms with Gasteiger partial charge < -0.3 is 5.32 Å². The molecular formula is C8H18ClNS. The summed E-state index contributed by atoms with van der Waals surface area (Å²) in [5.74, 6) is 3.20. The second-order valence-electron chi connectivity index (χ2n) is 2.56. The van der Waals surface area contributed by atoms with Crippen LogP contribution in [0.15, 0.2) is 0 Å². The third-order valence-electron chi connectivity index (χ3n) is 1.39. The summed E-state index contributed by atoms with van der Waals surface area (Å²) in [7, 11) is 0. The van der Waals surface area contributed by atoms with Crippen molar-refractivity contribution < 1.29 is 0 Å². The summed E-state index contributed by atoms with van der Waals surface area (Å²) in [6.07, 6.45) is 1.25. The molecule has 0 fully saturated rings. The lowest BCUT2D eigenvalue weighted by Crippen LogP contribution is -2.28. The van der Waals surface area contributed by atoms with Gasteiger partial charge in [0.25, 0.3) is 0 Å². The second kappa shape index (κ2) is 8.69. The molecule has 0 aromatic rings. The highest BCUT2D eigenvalue weighted by Crippen LogP contribution is 1.99. The monoisotopic (exact) mass is 195 g/mol. The quantitative estimate of drug-likeness (QED) is 0.495. The smallest absolute Gasteiger partial charge is 0.0374 e. The summed E-state index contributed by atoms with van der Waals surface area (Å²) in [5, 5.41) is 3.35. The van der Waals surface area contributed by atoms with Crippen molar-refractivity contribution in [2.24, 2.45) is 0 Å². The van der Waals surface area contributed by atoms with Crippen LogP contribution in [0.4, 0.5) is 0 Å². The first kappa shape index (κ1) is 11.6. The Balaban J connectivity index is 2.89. The zero-order valence-corrected chi connectivity index (χ0v) is 8.97. The van der Waals surface area contributed by atoms with Crippen LogP contribution in [0.1, 0.15) is 20.3 Å². The molecule has 0 bridgehead atoms. The fraction of sp³-hybridized carbons (Fsp3) is 1.00. The van der Waals surface area contributed by atoms with E-state index in [-0.39, 0.29) is 0 Å². The Labute approximate surface area is 79.3 Å². The molecule has 0 heterocycles. The number of hydrogen-bond acceptors (Lipinski definition) is 2. The molecule has 0 aromatic carbocycles. The molecule has 0 aliphatic rings. The minimum atomic E-state index is 0.461. The molecule has 0 aliphatic heterocycles. The number of rotatable bonds is 7. The summed E-state index contributed by atoms with van der Waals surface area (Å²) in [4.78, 5) is 0. The Hall–Kier alpha value is 0.600. The number of hydrogen-bond donors (Lipinski definition) is 1. The van der Waals surface area contributed by atoms with Crippen molar-refractivity contribution in [1.29, 1.82) is 0 Å². The van der Waals surface area contributed by atoms with Crippen LogP contribution in [-0.2, 0) is 0 Å². The van der Waals surface area contributed by atoms with E-state index in [4.69, 9.17) is 11.6 Å². The van der Waals surface area contributed by atoms with E-state index in [1.165, 1.54) is 17.9 Å². The Morgan fingerprint density at radius 1 is 1.55 bits per heavy atom. The van der Waals surface area contributed by atoms with Crippen LogP contribution < -0.4 is 5.32 Å². The first-order chi connectivity index (χ1) is 5.31. The van der Waals surface area contributed by atoms with Crippen molar-refractivity contribution in [3.8, 4) is 0 Å². The van der Waals surface area contributed by atoms with Crippen molar-refractivity contribution in [1.82, 2.24) is 5.32 Å². The van der Waals surface area contributed by atoms with Crippen molar-refractivity contribution in [2.45, 2.75) is 26.3 Å². The van der Waals surface area contributed by atoms with Crippen LogP contribution in [0.5, 0.6) is 0 Å². The zero-order valence-electron chi connectivity index (χ0n) is 7.40. The lowest BCUT2D eigenvalue weighted by Gasteiger charge is -2.08. The Morgan fingerprint density at radius 2 is 2.27 bits per heavy atom. The van der Waals surface area contributed by atoms with Gasteiger partial charge in [0.1, 0.15) is 0 Å². The summed E-state index contributed by atoms with van der Waals surface area (Å²) < 4.78 is 0. The van der Waals surface area contributed by atoms with Gasteiger partial charge in [-0.2, -0.15) is 11.8 Å². The first-order valence-electron chi connectivity index (χ1n) is 4.18. The molecular weight excluding hydrogens is 178 g/mol. The van der Waals surface area contributed by atoms with E-state index in [2.05, 4.69) is 19.2 Å². The normalized spacial score (nSPS) is 13.4. The summed E-state index contributed by atoms with van der Waals surface area (Å²) in [6, 6.07) is 0.461. The van der Waals surface area contributed by atoms with Gasteiger partial charge >= 0.3 is 0 Å². The fourth-order valence-corrected chi connectivity index (χ4v) is 1.47. The third kappa shape index (κ3) is 8.51. The van der Waals surface area contributed by atoms with E-state index < -0.39 is 0 Å². The zero-order chi connectivity index (χ0) is 8.53. The molecule has 1 nitrogen and oxygen atoms in total. The number of halogens is 1. The third-order valence-corrected chi connectivity index (χ3v) is 2.84. The summed E-state index contributed by atoms with van der Waals surface area (Å²) in [5.41, 5.74) is 0. The molecule has 0 aliphatic carbocycles. The summed E-state index contributed by atoms with van der Waals surface area (Å²) in [6.45, 7) is 5.40. The molecule has 0 saturated carbocycles. The maximum Gasteiger partial charge on any atom is 0.0374 e. The van der Waals surface area contributed by atoms with Crippen LogP contribution in [0.2, 0.25) is 0 Å². The van der Waals surface area contributed by atoms with Gasteiger partial charge in [-0.25, -0.2) is 0 Å². The van der Waals surface area contributed by atoms with Gasteiger partial charge in [0.15, 0.2) is 0 Å². The van der Waals surface area contributed by atoms with Gasteiger partial charge in [0, 0.05) is 11.9 Å². The molecule has 0 radical (unpaired) electrons. The molecule has 1 N–H and O–H groups in total. The van der Waals surface area contributed by atoms with Crippen molar-refractivity contribution in [2.75, 3.05) is 23.9 Å². The standard InChI is InChI=1S/C8H18ClNS/c1-3-11-6-4-5-10-8(2)7-9/h8,10H,3-7H2,1-2H3. The average molecular weight is 196 g/mol. The highest BCUT2D eigenvalue weighted by atomic mass is 35.5. The fourth-order valence-electron chi connectivity index (χ4n) is 0.722. The maximum absolute atomic E-state index is 5.62. The number of alkyl halides is 1. The maximum atomic E-state index is 5.62. The van der Waals surface area contributed by atoms with Gasteiger partial charge in [0.2, 0.25) is 0 Å². The molecule has 0 aromatic heterocycles. The van der Waals surface area contributed by atoms with E-state index in [9.17, 15) is 0 Å². The summed E-state index contributed by atoms with van der Waals surface area (Å²) >= 11 is 7.62. The van der Waals surface area contributed by atoms with Gasteiger partial charge in [-0.1, -0.05) is 6.92 Å². The minimum Gasteiger partial charge on any atom is -0.313 e. The van der Waals surface area contributed by atoms with Crippen molar-refractivity contribution in [3.63, 3.8) is 0 Å². The van der Waals surface area contributed by atoms with E-state index in [1.54, 1.807) is 0 Å². The van der Waals surface area contributed by atoms with E-state index in [0.717, 1.165) is 6.54 Å². The first-order valence-corrected chi connectivity index (χ1v) is 5.87. The SMILES string of the molecule is CCSCCCNC(C)CCl. The molecule has 68 valence electrons. The molecule has 1 unspecified atom stereocenters. The predicted molar refractivity (Wildman–Crippen MR) is 55.8 cm³/mol. The van der Waals surface area contributed by atoms with Crippen LogP contribution in [0, 0.1) is 0 Å². The highest BCUT2D eigenvalue weighted by molar-refractivity contribution is 7.99. The molecule has 0 spiro atoms. The van der Waals surface area contributed by atoms with Gasteiger partial charge in [-0.3, -0.25) is 0 Å². The van der Waals surface area contributed by atoms with Crippen molar-refractivity contribution >= 4 is 23.4 Å². The number of thioether (sulfide) groups is 1. The van der Waals surface area contributed by atoms with Crippen LogP contribution in [0.3, 0.4) is 0 Å². The molecule has 0 amide bonds. The van der Waals surface area contributed by atoms with E-state index >= 15 is 0 Å². The van der Waals surface area contributed by atoms with Crippen LogP contribution >= 0.6 is 23.4 Å². The van der Waals surface area contributed by atoms with Crippen LogP contribution in [-0.4, -0.2) is 30.0 Å². The van der Waals surface area contributed by atoms with Gasteiger partial charge in [-0.15, -0.1) is 11.6 Å². The average Bonchev–Trinajstić information content (AvgIpc) is 2.04. The Bertz CT molecular complexity index is 80.5. The lowest BCUT2D eigenvalue weighted by molar-refractivity contribution is 0.590. The van der Waals surface area contributed by atoms with E-state index in [1.807, 2.05) is 11.8 Å². The topological polar surface area (TPSA) is 12.0 Å². The molecule has 3 heteroatoms. The van der Waals surface area contributed by atoms with E-state index in [0.29, 0.717) is 11.9 Å². The Kier molecular flexibility index (Phi) is 9.17. The molecule has 0 rings (SSSR count). The predicted octanol–water partition coefficient (Wildman–Crippen LogP) is 2.35. The molecule has 11 heavy (non-hydrogen) atoms. The molecule has 1 atom stereocenters. The second-order valence-corrected chi connectivity index (χ2v) is 4.26.